The Kier molecular flexibility index (Phi) is 1.37. The van der Waals surface area contributed by atoms with Crippen molar-refractivity contribution in [1.82, 2.24) is 4.40 Å². The number of hydrogen-bond acceptors (Lipinski definition) is 2. The van der Waals surface area contributed by atoms with E-state index < -0.39 is 5.97 Å². The molecule has 0 atom stereocenters. The molecule has 0 aliphatic rings. The van der Waals surface area contributed by atoms with E-state index in [2.05, 4.69) is 0 Å². The lowest BCUT2D eigenvalue weighted by molar-refractivity contribution is -0.254. The van der Waals surface area contributed by atoms with Crippen molar-refractivity contribution >= 4 is 11.5 Å². The molecule has 2 heterocycles. The van der Waals surface area contributed by atoms with Crippen LogP contribution >= 0.6 is 0 Å². The minimum atomic E-state index is -1.14. The van der Waals surface area contributed by atoms with Gasteiger partial charge in [-0.1, -0.05) is 6.07 Å². The largest absolute Gasteiger partial charge is 0.545 e. The number of carbonyl (C=O) groups is 1. The van der Waals surface area contributed by atoms with E-state index in [1.165, 1.54) is 6.07 Å². The summed E-state index contributed by atoms with van der Waals surface area (Å²) in [5.41, 5.74) is 0.896. The number of carbonyl (C=O) groups excluding carboxylic acids is 1. The molecule has 0 aliphatic heterocycles. The Hall–Kier alpha value is -1.77. The minimum absolute atomic E-state index is 0.232. The fourth-order valence-corrected chi connectivity index (χ4v) is 1.23. The van der Waals surface area contributed by atoms with Crippen molar-refractivity contribution < 1.29 is 9.90 Å². The van der Waals surface area contributed by atoms with Gasteiger partial charge in [0.15, 0.2) is 0 Å². The summed E-state index contributed by atoms with van der Waals surface area (Å²) in [7, 11) is 0. The summed E-state index contributed by atoms with van der Waals surface area (Å²) in [4.78, 5) is 10.6. The van der Waals surface area contributed by atoms with Crippen LogP contribution in [0.2, 0.25) is 0 Å². The minimum Gasteiger partial charge on any atom is -0.545 e. The molecule has 3 heteroatoms. The average molecular weight is 160 g/mol. The third-order valence-electron chi connectivity index (χ3n) is 1.79. The number of aromatic nitrogens is 1. The molecule has 0 radical (unpaired) electrons. The highest BCUT2D eigenvalue weighted by molar-refractivity contribution is 5.94. The molecule has 2 aromatic rings. The number of nitrogens with zero attached hydrogens (tertiary/aromatic N) is 1. The second-order valence-corrected chi connectivity index (χ2v) is 2.51. The van der Waals surface area contributed by atoms with Gasteiger partial charge < -0.3 is 14.3 Å². The third-order valence-corrected chi connectivity index (χ3v) is 1.79. The first kappa shape index (κ1) is 6.91. The Morgan fingerprint density at radius 2 is 2.08 bits per heavy atom. The number of hydrogen-bond donors (Lipinski definition) is 0. The molecular weight excluding hydrogens is 154 g/mol. The zero-order valence-electron chi connectivity index (χ0n) is 6.23. The van der Waals surface area contributed by atoms with Crippen molar-refractivity contribution in [3.05, 3.63) is 42.2 Å². The van der Waals surface area contributed by atoms with Crippen molar-refractivity contribution in [3.63, 3.8) is 0 Å². The molecule has 0 aliphatic carbocycles. The molecule has 2 aromatic heterocycles. The second-order valence-electron chi connectivity index (χ2n) is 2.51. The monoisotopic (exact) mass is 160 g/mol. The highest BCUT2D eigenvalue weighted by atomic mass is 16.4. The zero-order chi connectivity index (χ0) is 8.55. The van der Waals surface area contributed by atoms with E-state index in [4.69, 9.17) is 0 Å². The van der Waals surface area contributed by atoms with Gasteiger partial charge in [-0.15, -0.1) is 0 Å². The van der Waals surface area contributed by atoms with Gasteiger partial charge in [-0.2, -0.15) is 0 Å². The van der Waals surface area contributed by atoms with Crippen LogP contribution < -0.4 is 5.11 Å². The van der Waals surface area contributed by atoms with Crippen LogP contribution in [0.15, 0.2) is 36.7 Å². The smallest absolute Gasteiger partial charge is 0.0736 e. The Balaban J connectivity index is 2.79. The fourth-order valence-electron chi connectivity index (χ4n) is 1.23. The summed E-state index contributed by atoms with van der Waals surface area (Å²) in [5, 5.41) is 10.6. The number of fused-ring (bicyclic) bond motifs is 1. The van der Waals surface area contributed by atoms with Gasteiger partial charge in [-0.05, 0) is 18.2 Å². The number of aromatic carboxylic acids is 1. The van der Waals surface area contributed by atoms with E-state index in [0.717, 1.165) is 0 Å². The van der Waals surface area contributed by atoms with E-state index in [1.54, 1.807) is 28.9 Å². The number of carboxylic acids is 1. The molecule has 0 N–H and O–H groups in total. The molecule has 0 unspecified atom stereocenters. The number of rotatable bonds is 1. The van der Waals surface area contributed by atoms with Crippen molar-refractivity contribution in [3.8, 4) is 0 Å². The van der Waals surface area contributed by atoms with Gasteiger partial charge in [0.05, 0.1) is 11.5 Å². The molecule has 60 valence electrons. The van der Waals surface area contributed by atoms with Gasteiger partial charge in [0.25, 0.3) is 0 Å². The van der Waals surface area contributed by atoms with Crippen LogP contribution in [0.3, 0.4) is 0 Å². The standard InChI is InChI=1S/C9H7NO2/c11-9(12)7-4-6-10-5-2-1-3-8(7)10/h1-6H,(H,11,12)/p-1. The summed E-state index contributed by atoms with van der Waals surface area (Å²) in [5.74, 6) is -1.14. The number of pyridine rings is 1. The van der Waals surface area contributed by atoms with Crippen LogP contribution in [0.5, 0.6) is 0 Å². The topological polar surface area (TPSA) is 44.5 Å². The molecular formula is C9H6NO2-. The molecule has 2 rings (SSSR count). The predicted molar refractivity (Wildman–Crippen MR) is 41.7 cm³/mol. The van der Waals surface area contributed by atoms with Crippen LogP contribution in [0, 0.1) is 0 Å². The maximum absolute atomic E-state index is 10.6. The Labute approximate surface area is 68.9 Å². The first-order chi connectivity index (χ1) is 5.79. The maximum Gasteiger partial charge on any atom is 0.0736 e. The van der Waals surface area contributed by atoms with E-state index in [0.29, 0.717) is 5.52 Å². The quantitative estimate of drug-likeness (QED) is 0.602. The molecule has 0 saturated heterocycles. The third kappa shape index (κ3) is 0.871. The van der Waals surface area contributed by atoms with Crippen molar-refractivity contribution in [2.24, 2.45) is 0 Å². The van der Waals surface area contributed by atoms with E-state index in [-0.39, 0.29) is 5.56 Å². The van der Waals surface area contributed by atoms with Gasteiger partial charge in [-0.3, -0.25) is 0 Å². The molecule has 3 nitrogen and oxygen atoms in total. The van der Waals surface area contributed by atoms with Crippen LogP contribution in [-0.4, -0.2) is 10.4 Å². The Bertz CT molecular complexity index is 431. The molecule has 0 bridgehead atoms. The average Bonchev–Trinajstić information content (AvgIpc) is 2.47. The van der Waals surface area contributed by atoms with Crippen LogP contribution in [0.1, 0.15) is 10.4 Å². The zero-order valence-corrected chi connectivity index (χ0v) is 6.23. The molecule has 12 heavy (non-hydrogen) atoms. The summed E-state index contributed by atoms with van der Waals surface area (Å²) >= 11 is 0. The highest BCUT2D eigenvalue weighted by Gasteiger charge is 2.00. The normalized spacial score (nSPS) is 10.3. The van der Waals surface area contributed by atoms with Crippen LogP contribution in [0.25, 0.3) is 5.52 Å². The second kappa shape index (κ2) is 2.37. The van der Waals surface area contributed by atoms with E-state index >= 15 is 0 Å². The fraction of sp³-hybridized carbons (Fsp3) is 0. The summed E-state index contributed by atoms with van der Waals surface area (Å²) in [6, 6.07) is 6.91. The molecule has 0 saturated carbocycles. The first-order valence-corrected chi connectivity index (χ1v) is 3.56. The Morgan fingerprint density at radius 3 is 2.83 bits per heavy atom. The summed E-state index contributed by atoms with van der Waals surface area (Å²) in [6.07, 6.45) is 3.49. The lowest BCUT2D eigenvalue weighted by Gasteiger charge is -1.99. The van der Waals surface area contributed by atoms with Crippen molar-refractivity contribution in [1.29, 1.82) is 0 Å². The van der Waals surface area contributed by atoms with Crippen LogP contribution in [-0.2, 0) is 0 Å². The first-order valence-electron chi connectivity index (χ1n) is 3.56. The SMILES string of the molecule is O=C([O-])c1ccn2ccccc12. The van der Waals surface area contributed by atoms with Crippen molar-refractivity contribution in [2.75, 3.05) is 0 Å². The van der Waals surface area contributed by atoms with Crippen molar-refractivity contribution in [2.45, 2.75) is 0 Å². The van der Waals surface area contributed by atoms with Crippen LogP contribution in [0.4, 0.5) is 0 Å². The highest BCUT2D eigenvalue weighted by Crippen LogP contribution is 2.10. The molecule has 0 fully saturated rings. The summed E-state index contributed by atoms with van der Waals surface area (Å²) < 4.78 is 1.74. The van der Waals surface area contributed by atoms with Gasteiger partial charge in [0, 0.05) is 18.0 Å². The molecule has 0 amide bonds. The number of carboxylic acid groups (broad SMARTS) is 1. The predicted octanol–water partition coefficient (Wildman–Crippen LogP) is 0.303. The van der Waals surface area contributed by atoms with Gasteiger partial charge in [0.2, 0.25) is 0 Å². The summed E-state index contributed by atoms with van der Waals surface area (Å²) in [6.45, 7) is 0. The van der Waals surface area contributed by atoms with Gasteiger partial charge in [0.1, 0.15) is 0 Å². The van der Waals surface area contributed by atoms with E-state index in [9.17, 15) is 9.90 Å². The van der Waals surface area contributed by atoms with E-state index in [1.807, 2.05) is 6.07 Å². The lowest BCUT2D eigenvalue weighted by atomic mass is 10.2. The lowest BCUT2D eigenvalue weighted by Crippen LogP contribution is -2.21. The van der Waals surface area contributed by atoms with Gasteiger partial charge in [-0.25, -0.2) is 0 Å². The molecule has 0 spiro atoms. The maximum atomic E-state index is 10.6. The van der Waals surface area contributed by atoms with Gasteiger partial charge >= 0.3 is 0 Å². The Morgan fingerprint density at radius 1 is 1.25 bits per heavy atom. The molecule has 0 aromatic carbocycles.